The minimum atomic E-state index is -0.863. The lowest BCUT2D eigenvalue weighted by atomic mass is 10.1. The molecule has 0 aliphatic carbocycles. The van der Waals surface area contributed by atoms with E-state index in [2.05, 4.69) is 0 Å². The van der Waals surface area contributed by atoms with Crippen LogP contribution in [-0.2, 0) is 0 Å². The third-order valence-electron chi connectivity index (χ3n) is 1.73. The van der Waals surface area contributed by atoms with E-state index in [4.69, 9.17) is 15.4 Å². The average Bonchev–Trinajstić information content (AvgIpc) is 2.55. The summed E-state index contributed by atoms with van der Waals surface area (Å²) in [5.74, 6) is 0.632. The third-order valence-corrected chi connectivity index (χ3v) is 1.73. The van der Waals surface area contributed by atoms with Gasteiger partial charge in [-0.05, 0) is 12.1 Å². The van der Waals surface area contributed by atoms with Crippen molar-refractivity contribution < 1.29 is 14.4 Å². The van der Waals surface area contributed by atoms with Gasteiger partial charge < -0.3 is 10.2 Å². The summed E-state index contributed by atoms with van der Waals surface area (Å²) in [5, 5.41) is 9.48. The number of hydrogen-bond donors (Lipinski definition) is 2. The van der Waals surface area contributed by atoms with Crippen LogP contribution in [0.4, 0.5) is 4.79 Å². The van der Waals surface area contributed by atoms with Crippen LogP contribution in [-0.4, -0.2) is 22.8 Å². The van der Waals surface area contributed by atoms with Crippen molar-refractivity contribution in [1.82, 2.24) is 5.06 Å². The SMILES string of the molecule is CC(CN(O)C(N)=O)c1ccco1. The monoisotopic (exact) mass is 184 g/mol. The molecule has 0 fully saturated rings. The van der Waals surface area contributed by atoms with Crippen LogP contribution < -0.4 is 5.73 Å². The molecule has 1 heterocycles. The van der Waals surface area contributed by atoms with Crippen LogP contribution in [0.25, 0.3) is 0 Å². The molecule has 1 rings (SSSR count). The maximum absolute atomic E-state index is 10.5. The zero-order valence-corrected chi connectivity index (χ0v) is 7.30. The maximum atomic E-state index is 10.5. The number of amides is 2. The number of hydroxylamine groups is 2. The summed E-state index contributed by atoms with van der Waals surface area (Å²) in [6.07, 6.45) is 1.54. The quantitative estimate of drug-likeness (QED) is 0.546. The Balaban J connectivity index is 2.51. The number of primary amides is 1. The highest BCUT2D eigenvalue weighted by atomic mass is 16.5. The Morgan fingerprint density at radius 2 is 2.54 bits per heavy atom. The van der Waals surface area contributed by atoms with E-state index in [9.17, 15) is 4.79 Å². The van der Waals surface area contributed by atoms with E-state index >= 15 is 0 Å². The molecule has 5 nitrogen and oxygen atoms in total. The molecule has 1 atom stereocenters. The van der Waals surface area contributed by atoms with E-state index in [1.54, 1.807) is 12.1 Å². The van der Waals surface area contributed by atoms with Gasteiger partial charge in [-0.15, -0.1) is 0 Å². The highest BCUT2D eigenvalue weighted by molar-refractivity contribution is 5.70. The first-order valence-corrected chi connectivity index (χ1v) is 3.90. The van der Waals surface area contributed by atoms with Gasteiger partial charge in [0.25, 0.3) is 0 Å². The van der Waals surface area contributed by atoms with E-state index in [1.807, 2.05) is 6.92 Å². The summed E-state index contributed by atoms with van der Waals surface area (Å²) in [6.45, 7) is 1.95. The van der Waals surface area contributed by atoms with Crippen molar-refractivity contribution in [2.24, 2.45) is 5.73 Å². The Labute approximate surface area is 75.7 Å². The van der Waals surface area contributed by atoms with Crippen molar-refractivity contribution in [3.05, 3.63) is 24.2 Å². The highest BCUT2D eigenvalue weighted by Crippen LogP contribution is 2.15. The molecule has 0 bridgehead atoms. The Bertz CT molecular complexity index is 271. The molecule has 0 saturated heterocycles. The lowest BCUT2D eigenvalue weighted by Crippen LogP contribution is -2.35. The summed E-state index contributed by atoms with van der Waals surface area (Å²) >= 11 is 0. The van der Waals surface area contributed by atoms with Gasteiger partial charge in [0, 0.05) is 5.92 Å². The number of carbonyl (C=O) groups excluding carboxylic acids is 1. The van der Waals surface area contributed by atoms with Gasteiger partial charge in [-0.1, -0.05) is 6.92 Å². The van der Waals surface area contributed by atoms with Crippen molar-refractivity contribution in [1.29, 1.82) is 0 Å². The zero-order chi connectivity index (χ0) is 9.84. The summed E-state index contributed by atoms with van der Waals surface area (Å²) < 4.78 is 5.09. The topological polar surface area (TPSA) is 79.7 Å². The highest BCUT2D eigenvalue weighted by Gasteiger charge is 2.14. The van der Waals surface area contributed by atoms with Crippen LogP contribution in [0.3, 0.4) is 0 Å². The van der Waals surface area contributed by atoms with E-state index in [-0.39, 0.29) is 12.5 Å². The van der Waals surface area contributed by atoms with E-state index in [1.165, 1.54) is 6.26 Å². The van der Waals surface area contributed by atoms with Crippen molar-refractivity contribution >= 4 is 6.03 Å². The van der Waals surface area contributed by atoms with Gasteiger partial charge in [-0.25, -0.2) is 9.86 Å². The Kier molecular flexibility index (Phi) is 2.92. The molecule has 0 aliphatic rings. The number of carbonyl (C=O) groups is 1. The molecule has 1 aromatic heterocycles. The molecule has 3 N–H and O–H groups in total. The van der Waals surface area contributed by atoms with Gasteiger partial charge >= 0.3 is 6.03 Å². The molecule has 0 aromatic carbocycles. The Hall–Kier alpha value is -1.49. The van der Waals surface area contributed by atoms with Crippen molar-refractivity contribution in [2.75, 3.05) is 6.54 Å². The van der Waals surface area contributed by atoms with Gasteiger partial charge in [0.05, 0.1) is 12.8 Å². The van der Waals surface area contributed by atoms with Crippen molar-refractivity contribution in [3.63, 3.8) is 0 Å². The molecular weight excluding hydrogens is 172 g/mol. The number of hydrogen-bond acceptors (Lipinski definition) is 3. The summed E-state index contributed by atoms with van der Waals surface area (Å²) in [6, 6.07) is 2.66. The van der Waals surface area contributed by atoms with Crippen LogP contribution in [0.1, 0.15) is 18.6 Å². The normalized spacial score (nSPS) is 12.5. The fourth-order valence-electron chi connectivity index (χ4n) is 1.01. The molecule has 0 spiro atoms. The molecule has 72 valence electrons. The molecule has 5 heteroatoms. The number of nitrogens with zero attached hydrogens (tertiary/aromatic N) is 1. The summed E-state index contributed by atoms with van der Waals surface area (Å²) in [7, 11) is 0. The number of furan rings is 1. The molecule has 2 amide bonds. The molecule has 1 aromatic rings. The van der Waals surface area contributed by atoms with E-state index in [0.717, 1.165) is 0 Å². The lowest BCUT2D eigenvalue weighted by Gasteiger charge is -2.15. The van der Waals surface area contributed by atoms with Gasteiger partial charge in [-0.3, -0.25) is 5.21 Å². The van der Waals surface area contributed by atoms with Crippen LogP contribution in [0.15, 0.2) is 22.8 Å². The number of rotatable bonds is 3. The molecule has 0 aliphatic heterocycles. The van der Waals surface area contributed by atoms with Crippen LogP contribution in [0.5, 0.6) is 0 Å². The lowest BCUT2D eigenvalue weighted by molar-refractivity contribution is -0.0438. The molecule has 0 saturated carbocycles. The Morgan fingerprint density at radius 1 is 1.85 bits per heavy atom. The van der Waals surface area contributed by atoms with Gasteiger partial charge in [0.2, 0.25) is 0 Å². The van der Waals surface area contributed by atoms with Crippen LogP contribution in [0, 0.1) is 0 Å². The van der Waals surface area contributed by atoms with E-state index < -0.39 is 6.03 Å². The fourth-order valence-corrected chi connectivity index (χ4v) is 1.01. The largest absolute Gasteiger partial charge is 0.469 e. The number of urea groups is 1. The average molecular weight is 184 g/mol. The zero-order valence-electron chi connectivity index (χ0n) is 7.30. The number of nitrogens with two attached hydrogens (primary N) is 1. The van der Waals surface area contributed by atoms with Gasteiger partial charge in [0.1, 0.15) is 5.76 Å². The van der Waals surface area contributed by atoms with E-state index in [0.29, 0.717) is 10.8 Å². The minimum Gasteiger partial charge on any atom is -0.469 e. The Morgan fingerprint density at radius 3 is 3.00 bits per heavy atom. The van der Waals surface area contributed by atoms with Crippen LogP contribution in [0.2, 0.25) is 0 Å². The smallest absolute Gasteiger partial charge is 0.338 e. The molecular formula is C8H12N2O3. The summed E-state index contributed by atoms with van der Waals surface area (Å²) in [5.41, 5.74) is 4.84. The van der Waals surface area contributed by atoms with Crippen LogP contribution >= 0.6 is 0 Å². The van der Waals surface area contributed by atoms with Crippen molar-refractivity contribution in [2.45, 2.75) is 12.8 Å². The predicted molar refractivity (Wildman–Crippen MR) is 45.2 cm³/mol. The minimum absolute atomic E-state index is 0.0764. The molecule has 0 radical (unpaired) electrons. The first-order chi connectivity index (χ1) is 6.11. The molecule has 1 unspecified atom stereocenters. The predicted octanol–water partition coefficient (Wildman–Crippen LogP) is 1.15. The molecule has 13 heavy (non-hydrogen) atoms. The fraction of sp³-hybridized carbons (Fsp3) is 0.375. The first-order valence-electron chi connectivity index (χ1n) is 3.90. The second-order valence-corrected chi connectivity index (χ2v) is 2.84. The second kappa shape index (κ2) is 3.95. The second-order valence-electron chi connectivity index (χ2n) is 2.84. The van der Waals surface area contributed by atoms with Crippen molar-refractivity contribution in [3.8, 4) is 0 Å². The maximum Gasteiger partial charge on any atom is 0.338 e. The first kappa shape index (κ1) is 9.60. The van der Waals surface area contributed by atoms with Gasteiger partial charge in [-0.2, -0.15) is 0 Å². The standard InChI is InChI=1S/C8H12N2O3/c1-6(5-10(12)8(9)11)7-3-2-4-13-7/h2-4,6,12H,5H2,1H3,(H2,9,11). The summed E-state index contributed by atoms with van der Waals surface area (Å²) in [4.78, 5) is 10.5. The van der Waals surface area contributed by atoms with Gasteiger partial charge in [0.15, 0.2) is 0 Å². The third kappa shape index (κ3) is 2.48.